The Balaban J connectivity index is 2.40. The smallest absolute Gasteiger partial charge is 0.129 e. The van der Waals surface area contributed by atoms with E-state index < -0.39 is 0 Å². The summed E-state index contributed by atoms with van der Waals surface area (Å²) in [5, 5.41) is 9.37. The van der Waals surface area contributed by atoms with Crippen molar-refractivity contribution in [3.63, 3.8) is 0 Å². The fraction of sp³-hybridized carbons (Fsp3) is 0.533. The van der Waals surface area contributed by atoms with E-state index in [1.807, 2.05) is 12.1 Å². The van der Waals surface area contributed by atoms with Crippen LogP contribution in [0.3, 0.4) is 0 Å². The Bertz CT molecular complexity index is 476. The molecule has 1 aromatic rings. The Hall–Kier alpha value is -1.89. The molecule has 0 unspecified atom stereocenters. The van der Waals surface area contributed by atoms with Gasteiger partial charge >= 0.3 is 0 Å². The molecule has 0 atom stereocenters. The largest absolute Gasteiger partial charge is 0.496 e. The highest BCUT2D eigenvalue weighted by molar-refractivity contribution is 5.51. The third-order valence-corrected chi connectivity index (χ3v) is 3.88. The molecule has 0 radical (unpaired) electrons. The van der Waals surface area contributed by atoms with E-state index in [0.29, 0.717) is 12.2 Å². The number of hydrogen-bond acceptors (Lipinski definition) is 4. The highest BCUT2D eigenvalue weighted by Gasteiger charge is 2.39. The summed E-state index contributed by atoms with van der Waals surface area (Å²) in [5.74, 6) is 2.13. The van der Waals surface area contributed by atoms with Crippen molar-refractivity contribution >= 4 is 0 Å². The molecule has 0 N–H and O–H groups in total. The zero-order chi connectivity index (χ0) is 13.9. The van der Waals surface area contributed by atoms with Gasteiger partial charge in [0, 0.05) is 17.7 Å². The van der Waals surface area contributed by atoms with Crippen LogP contribution in [0.4, 0.5) is 0 Å². The number of nitrogens with zero attached hydrogens (tertiary/aromatic N) is 1. The summed E-state index contributed by atoms with van der Waals surface area (Å²) in [5.41, 5.74) is 0.696. The van der Waals surface area contributed by atoms with Crippen LogP contribution < -0.4 is 14.2 Å². The summed E-state index contributed by atoms with van der Waals surface area (Å²) in [6.07, 6.45) is 3.68. The van der Waals surface area contributed by atoms with Gasteiger partial charge in [-0.25, -0.2) is 0 Å². The molecule has 1 aliphatic rings. The lowest BCUT2D eigenvalue weighted by Crippen LogP contribution is -2.30. The van der Waals surface area contributed by atoms with Gasteiger partial charge in [0.2, 0.25) is 0 Å². The second kappa shape index (κ2) is 5.40. The molecule has 19 heavy (non-hydrogen) atoms. The lowest BCUT2D eigenvalue weighted by molar-refractivity contribution is 0.209. The monoisotopic (exact) mass is 261 g/mol. The molecule has 4 heteroatoms. The molecule has 0 heterocycles. The van der Waals surface area contributed by atoms with Crippen molar-refractivity contribution in [3.05, 3.63) is 17.7 Å². The van der Waals surface area contributed by atoms with Crippen LogP contribution in [0.15, 0.2) is 12.1 Å². The molecule has 0 spiro atoms. The van der Waals surface area contributed by atoms with Crippen LogP contribution >= 0.6 is 0 Å². The summed E-state index contributed by atoms with van der Waals surface area (Å²) < 4.78 is 16.1. The molecule has 1 aliphatic carbocycles. The summed E-state index contributed by atoms with van der Waals surface area (Å²) in [7, 11) is 4.85. The molecule has 1 fully saturated rings. The van der Waals surface area contributed by atoms with E-state index >= 15 is 0 Å². The van der Waals surface area contributed by atoms with Crippen LogP contribution in [0.1, 0.15) is 24.8 Å². The van der Waals surface area contributed by atoms with Crippen molar-refractivity contribution in [1.82, 2.24) is 0 Å². The van der Waals surface area contributed by atoms with E-state index in [0.717, 1.165) is 36.3 Å². The fourth-order valence-corrected chi connectivity index (χ4v) is 2.52. The van der Waals surface area contributed by atoms with Gasteiger partial charge in [-0.15, -0.1) is 0 Å². The Morgan fingerprint density at radius 3 is 2.00 bits per heavy atom. The van der Waals surface area contributed by atoms with Crippen LogP contribution in [0, 0.1) is 16.7 Å². The van der Waals surface area contributed by atoms with Gasteiger partial charge in [0.1, 0.15) is 17.2 Å². The quantitative estimate of drug-likeness (QED) is 0.817. The second-order valence-electron chi connectivity index (χ2n) is 4.93. The predicted molar refractivity (Wildman–Crippen MR) is 71.7 cm³/mol. The zero-order valence-electron chi connectivity index (χ0n) is 11.7. The van der Waals surface area contributed by atoms with Gasteiger partial charge < -0.3 is 14.2 Å². The van der Waals surface area contributed by atoms with E-state index in [1.165, 1.54) is 0 Å². The normalized spacial score (nSPS) is 16.1. The Morgan fingerprint density at radius 1 is 1.11 bits per heavy atom. The number of ether oxygens (including phenoxy) is 3. The summed E-state index contributed by atoms with van der Waals surface area (Å²) >= 11 is 0. The first-order chi connectivity index (χ1) is 9.18. The topological polar surface area (TPSA) is 51.5 Å². The third-order valence-electron chi connectivity index (χ3n) is 3.88. The first kappa shape index (κ1) is 13.5. The Labute approximate surface area is 113 Å². The number of rotatable bonds is 5. The molecular formula is C15H19NO3. The van der Waals surface area contributed by atoms with E-state index in [9.17, 15) is 5.26 Å². The first-order valence-electron chi connectivity index (χ1n) is 6.38. The van der Waals surface area contributed by atoms with Gasteiger partial charge in [0.25, 0.3) is 0 Å². The SMILES string of the molecule is COc1cc(OC)c(CC2(C#N)CCC2)c(OC)c1. The molecule has 0 saturated heterocycles. The number of benzene rings is 1. The van der Waals surface area contributed by atoms with Crippen LogP contribution in [-0.2, 0) is 6.42 Å². The maximum atomic E-state index is 9.37. The van der Waals surface area contributed by atoms with Crippen LogP contribution in [0.5, 0.6) is 17.2 Å². The second-order valence-corrected chi connectivity index (χ2v) is 4.93. The van der Waals surface area contributed by atoms with Crippen molar-refractivity contribution < 1.29 is 14.2 Å². The molecule has 0 aliphatic heterocycles. The minimum absolute atomic E-state index is 0.255. The van der Waals surface area contributed by atoms with Crippen molar-refractivity contribution in [2.24, 2.45) is 5.41 Å². The standard InChI is InChI=1S/C15H19NO3/c1-17-11-7-13(18-2)12(14(8-11)19-3)9-15(10-16)5-4-6-15/h7-8H,4-6,9H2,1-3H3. The molecule has 0 aromatic heterocycles. The highest BCUT2D eigenvalue weighted by Crippen LogP contribution is 2.47. The van der Waals surface area contributed by atoms with Crippen LogP contribution in [0.2, 0.25) is 0 Å². The highest BCUT2D eigenvalue weighted by atomic mass is 16.5. The zero-order valence-corrected chi connectivity index (χ0v) is 11.7. The summed E-state index contributed by atoms with van der Waals surface area (Å²) in [6, 6.07) is 6.12. The van der Waals surface area contributed by atoms with Crippen molar-refractivity contribution in [1.29, 1.82) is 5.26 Å². The van der Waals surface area contributed by atoms with E-state index in [-0.39, 0.29) is 5.41 Å². The van der Waals surface area contributed by atoms with Gasteiger partial charge in [-0.1, -0.05) is 6.42 Å². The number of nitriles is 1. The van der Waals surface area contributed by atoms with E-state index in [4.69, 9.17) is 14.2 Å². The average molecular weight is 261 g/mol. The van der Waals surface area contributed by atoms with Gasteiger partial charge in [-0.2, -0.15) is 5.26 Å². The van der Waals surface area contributed by atoms with Gasteiger partial charge in [0.05, 0.1) is 32.8 Å². The van der Waals surface area contributed by atoms with Crippen molar-refractivity contribution in [2.45, 2.75) is 25.7 Å². The lowest BCUT2D eigenvalue weighted by Gasteiger charge is -2.35. The predicted octanol–water partition coefficient (Wildman–Crippen LogP) is 2.95. The molecule has 4 nitrogen and oxygen atoms in total. The van der Waals surface area contributed by atoms with Crippen molar-refractivity contribution in [2.75, 3.05) is 21.3 Å². The van der Waals surface area contributed by atoms with Crippen molar-refractivity contribution in [3.8, 4) is 23.3 Å². The maximum absolute atomic E-state index is 9.37. The molecule has 2 rings (SSSR count). The Morgan fingerprint density at radius 2 is 1.68 bits per heavy atom. The first-order valence-corrected chi connectivity index (χ1v) is 6.38. The molecule has 102 valence electrons. The fourth-order valence-electron chi connectivity index (χ4n) is 2.52. The third kappa shape index (κ3) is 2.46. The molecule has 1 saturated carbocycles. The number of methoxy groups -OCH3 is 3. The van der Waals surface area contributed by atoms with E-state index in [2.05, 4.69) is 6.07 Å². The van der Waals surface area contributed by atoms with E-state index in [1.54, 1.807) is 21.3 Å². The molecular weight excluding hydrogens is 242 g/mol. The average Bonchev–Trinajstić information content (AvgIpc) is 2.42. The van der Waals surface area contributed by atoms with Gasteiger partial charge in [0.15, 0.2) is 0 Å². The summed E-state index contributed by atoms with van der Waals surface area (Å²) in [4.78, 5) is 0. The van der Waals surface area contributed by atoms with Gasteiger partial charge in [-0.05, 0) is 19.3 Å². The number of hydrogen-bond donors (Lipinski definition) is 0. The van der Waals surface area contributed by atoms with Crippen LogP contribution in [-0.4, -0.2) is 21.3 Å². The maximum Gasteiger partial charge on any atom is 0.129 e. The van der Waals surface area contributed by atoms with Crippen LogP contribution in [0.25, 0.3) is 0 Å². The minimum Gasteiger partial charge on any atom is -0.496 e. The minimum atomic E-state index is -0.255. The summed E-state index contributed by atoms with van der Waals surface area (Å²) in [6.45, 7) is 0. The Kier molecular flexibility index (Phi) is 3.84. The molecule has 0 amide bonds. The van der Waals surface area contributed by atoms with Gasteiger partial charge in [-0.3, -0.25) is 0 Å². The molecule has 1 aromatic carbocycles. The lowest BCUT2D eigenvalue weighted by atomic mass is 9.66. The molecule has 0 bridgehead atoms.